The van der Waals surface area contributed by atoms with Crippen molar-refractivity contribution in [3.8, 4) is 0 Å². The Hall–Kier alpha value is -2.28. The van der Waals surface area contributed by atoms with E-state index in [0.29, 0.717) is 16.6 Å². The maximum atomic E-state index is 13.1. The summed E-state index contributed by atoms with van der Waals surface area (Å²) in [6, 6.07) is 19.0. The van der Waals surface area contributed by atoms with Crippen LogP contribution in [0.5, 0.6) is 0 Å². The maximum Gasteiger partial charge on any atom is 0.261 e. The van der Waals surface area contributed by atoms with Gasteiger partial charge in [0.05, 0.1) is 16.6 Å². The summed E-state index contributed by atoms with van der Waals surface area (Å²) >= 11 is 9.67. The van der Waals surface area contributed by atoms with Gasteiger partial charge in [0.15, 0.2) is 0 Å². The van der Waals surface area contributed by atoms with Gasteiger partial charge in [0, 0.05) is 21.1 Å². The van der Waals surface area contributed by atoms with Crippen molar-refractivity contribution in [1.82, 2.24) is 0 Å². The van der Waals surface area contributed by atoms with E-state index in [1.165, 1.54) is 5.56 Å². The molecule has 3 atom stereocenters. The fourth-order valence-corrected chi connectivity index (χ4v) is 6.14. The zero-order valence-corrected chi connectivity index (χ0v) is 20.5. The van der Waals surface area contributed by atoms with Crippen LogP contribution in [0.25, 0.3) is 0 Å². The van der Waals surface area contributed by atoms with Crippen LogP contribution >= 0.6 is 27.5 Å². The molecule has 0 amide bonds. The number of sulfonamides is 1. The topological polar surface area (TPSA) is 58.2 Å². The Morgan fingerprint density at radius 1 is 1.06 bits per heavy atom. The number of benzene rings is 3. The number of rotatable bonds is 4. The van der Waals surface area contributed by atoms with Gasteiger partial charge in [-0.2, -0.15) is 0 Å². The molecule has 1 aliphatic carbocycles. The van der Waals surface area contributed by atoms with E-state index >= 15 is 0 Å². The van der Waals surface area contributed by atoms with Crippen LogP contribution in [0.2, 0.25) is 5.02 Å². The summed E-state index contributed by atoms with van der Waals surface area (Å²) in [5.74, 6) is 0.509. The van der Waals surface area contributed by atoms with Crippen LogP contribution in [-0.2, 0) is 10.0 Å². The average molecular weight is 530 g/mol. The summed E-state index contributed by atoms with van der Waals surface area (Å²) in [6.45, 7) is 1.88. The highest BCUT2D eigenvalue weighted by molar-refractivity contribution is 9.10. The van der Waals surface area contributed by atoms with Gasteiger partial charge >= 0.3 is 0 Å². The van der Waals surface area contributed by atoms with Gasteiger partial charge < -0.3 is 5.32 Å². The number of allylic oxidation sites excluding steroid dienone is 2. The van der Waals surface area contributed by atoms with E-state index < -0.39 is 10.0 Å². The first kappa shape index (κ1) is 21.6. The van der Waals surface area contributed by atoms with Crippen molar-refractivity contribution in [1.29, 1.82) is 0 Å². The first-order valence-electron chi connectivity index (χ1n) is 10.4. The van der Waals surface area contributed by atoms with Crippen LogP contribution < -0.4 is 10.0 Å². The highest BCUT2D eigenvalue weighted by Crippen LogP contribution is 2.50. The molecule has 0 spiro atoms. The molecule has 0 bridgehead atoms. The Bertz CT molecular complexity index is 1320. The minimum Gasteiger partial charge on any atom is -0.378 e. The van der Waals surface area contributed by atoms with E-state index in [0.717, 1.165) is 27.7 Å². The van der Waals surface area contributed by atoms with E-state index in [1.807, 2.05) is 13.0 Å². The number of hydrogen-bond acceptors (Lipinski definition) is 3. The first-order valence-corrected chi connectivity index (χ1v) is 13.1. The molecule has 5 rings (SSSR count). The first-order chi connectivity index (χ1) is 15.3. The summed E-state index contributed by atoms with van der Waals surface area (Å²) in [7, 11) is -3.74. The quantitative estimate of drug-likeness (QED) is 0.356. The molecule has 1 aliphatic heterocycles. The van der Waals surface area contributed by atoms with E-state index in [-0.39, 0.29) is 16.9 Å². The molecule has 0 saturated carbocycles. The van der Waals surface area contributed by atoms with E-state index in [2.05, 4.69) is 62.4 Å². The molecule has 0 aromatic heterocycles. The minimum atomic E-state index is -3.74. The number of anilines is 2. The molecule has 4 nitrogen and oxygen atoms in total. The van der Waals surface area contributed by atoms with Crippen molar-refractivity contribution in [2.24, 2.45) is 5.92 Å². The molecule has 0 fully saturated rings. The second kappa shape index (κ2) is 8.25. The normalized spacial score (nSPS) is 21.5. The predicted octanol–water partition coefficient (Wildman–Crippen LogP) is 7.04. The third-order valence-electron chi connectivity index (χ3n) is 6.30. The molecule has 0 unspecified atom stereocenters. The predicted molar refractivity (Wildman–Crippen MR) is 134 cm³/mol. The van der Waals surface area contributed by atoms with Gasteiger partial charge in [-0.1, -0.05) is 57.9 Å². The van der Waals surface area contributed by atoms with E-state index in [4.69, 9.17) is 11.6 Å². The Morgan fingerprint density at radius 3 is 2.59 bits per heavy atom. The van der Waals surface area contributed by atoms with Crippen molar-refractivity contribution in [3.05, 3.63) is 99.0 Å². The highest BCUT2D eigenvalue weighted by atomic mass is 79.9. The molecule has 3 aromatic carbocycles. The lowest BCUT2D eigenvalue weighted by atomic mass is 9.77. The van der Waals surface area contributed by atoms with Crippen molar-refractivity contribution in [2.45, 2.75) is 30.2 Å². The zero-order valence-electron chi connectivity index (χ0n) is 17.3. The second-order valence-corrected chi connectivity index (χ2v) is 11.4. The van der Waals surface area contributed by atoms with Gasteiger partial charge in [-0.15, -0.1) is 0 Å². The lowest BCUT2D eigenvalue weighted by molar-refractivity contribution is 0.425. The van der Waals surface area contributed by atoms with Gasteiger partial charge in [-0.05, 0) is 78.4 Å². The molecule has 32 heavy (non-hydrogen) atoms. The number of nitrogens with one attached hydrogen (secondary N) is 2. The van der Waals surface area contributed by atoms with Crippen LogP contribution in [0.3, 0.4) is 0 Å². The number of aryl methyl sites for hydroxylation is 1. The van der Waals surface area contributed by atoms with Crippen molar-refractivity contribution in [2.75, 3.05) is 10.0 Å². The summed E-state index contributed by atoms with van der Waals surface area (Å²) in [5, 5.41) is 4.18. The second-order valence-electron chi connectivity index (χ2n) is 8.35. The molecule has 0 saturated heterocycles. The number of halogens is 2. The van der Waals surface area contributed by atoms with Gasteiger partial charge in [0.25, 0.3) is 10.0 Å². The van der Waals surface area contributed by atoms with Crippen molar-refractivity contribution >= 4 is 48.9 Å². The monoisotopic (exact) mass is 528 g/mol. The fraction of sp³-hybridized carbons (Fsp3) is 0.200. The fourth-order valence-electron chi connectivity index (χ4n) is 4.61. The Labute approximate surface area is 201 Å². The third kappa shape index (κ3) is 3.96. The van der Waals surface area contributed by atoms with E-state index in [9.17, 15) is 8.42 Å². The van der Waals surface area contributed by atoms with Gasteiger partial charge in [-0.3, -0.25) is 4.72 Å². The van der Waals surface area contributed by atoms with Gasteiger partial charge in [0.2, 0.25) is 0 Å². The number of hydrogen-bond donors (Lipinski definition) is 2. The van der Waals surface area contributed by atoms with Crippen LogP contribution in [0.15, 0.2) is 82.2 Å². The lowest BCUT2D eigenvalue weighted by Gasteiger charge is -2.37. The molecule has 2 aliphatic rings. The SMILES string of the molecule is Cc1ccc(NS(=O)(=O)c2ccc3c(c2)[C@H]2C=CC[C@H]2[C@@H](c2ccc(Br)cc2)N3)cc1Cl. The van der Waals surface area contributed by atoms with Crippen LogP contribution in [0.1, 0.15) is 35.1 Å². The minimum absolute atomic E-state index is 0.170. The molecule has 0 radical (unpaired) electrons. The molecule has 2 N–H and O–H groups in total. The van der Waals surface area contributed by atoms with Crippen LogP contribution in [0, 0.1) is 12.8 Å². The van der Waals surface area contributed by atoms with Gasteiger partial charge in [-0.25, -0.2) is 8.42 Å². The van der Waals surface area contributed by atoms with Crippen LogP contribution in [0.4, 0.5) is 11.4 Å². The molecule has 3 aromatic rings. The molecule has 7 heteroatoms. The average Bonchev–Trinajstić information content (AvgIpc) is 3.26. The van der Waals surface area contributed by atoms with Crippen molar-refractivity contribution < 1.29 is 8.42 Å². The zero-order chi connectivity index (χ0) is 22.5. The van der Waals surface area contributed by atoms with Crippen molar-refractivity contribution in [3.63, 3.8) is 0 Å². The largest absolute Gasteiger partial charge is 0.378 e. The Morgan fingerprint density at radius 2 is 1.84 bits per heavy atom. The Balaban J connectivity index is 1.48. The number of fused-ring (bicyclic) bond motifs is 3. The highest BCUT2D eigenvalue weighted by Gasteiger charge is 2.38. The molecular formula is C25H22BrClN2O2S. The van der Waals surface area contributed by atoms with E-state index in [1.54, 1.807) is 30.3 Å². The Kier molecular flexibility index (Phi) is 5.56. The maximum absolute atomic E-state index is 13.1. The standard InChI is InChI=1S/C25H22BrClN2O2S/c1-15-5-10-18(13-23(15)27)29-32(30,31)19-11-12-24-22(14-19)20-3-2-4-21(20)25(28-24)16-6-8-17(26)9-7-16/h2-3,5-14,20-21,25,28-29H,4H2,1H3/t20-,21+,25+/m0/s1. The molecule has 1 heterocycles. The molecular weight excluding hydrogens is 508 g/mol. The summed E-state index contributed by atoms with van der Waals surface area (Å²) in [5.41, 5.74) is 4.57. The smallest absolute Gasteiger partial charge is 0.261 e. The third-order valence-corrected chi connectivity index (χ3v) is 8.61. The lowest BCUT2D eigenvalue weighted by Crippen LogP contribution is -2.29. The van der Waals surface area contributed by atoms with Gasteiger partial charge in [0.1, 0.15) is 0 Å². The summed E-state index contributed by atoms with van der Waals surface area (Å²) < 4.78 is 29.9. The summed E-state index contributed by atoms with van der Waals surface area (Å²) in [4.78, 5) is 0.246. The molecule has 164 valence electrons. The van der Waals surface area contributed by atoms with Crippen LogP contribution in [-0.4, -0.2) is 8.42 Å². The summed E-state index contributed by atoms with van der Waals surface area (Å²) in [6.07, 6.45) is 5.36.